The molecule has 236 valence electrons. The molecule has 2 aliphatic rings. The second kappa shape index (κ2) is 12.3. The number of allylic oxidation sites excluding steroid dienone is 2. The van der Waals surface area contributed by atoms with Crippen LogP contribution < -0.4 is 10.4 Å². The van der Waals surface area contributed by atoms with Crippen molar-refractivity contribution in [2.24, 2.45) is 34.0 Å². The summed E-state index contributed by atoms with van der Waals surface area (Å²) in [6, 6.07) is 21.7. The molecule has 2 aliphatic carbocycles. The number of hydrogen-bond donors (Lipinski definition) is 1. The van der Waals surface area contributed by atoms with Gasteiger partial charge >= 0.3 is 5.97 Å². The van der Waals surface area contributed by atoms with Crippen LogP contribution in [0.4, 0.5) is 0 Å². The minimum absolute atomic E-state index is 0.0440. The number of ether oxygens (including phenoxy) is 1. The Kier molecular flexibility index (Phi) is 9.63. The van der Waals surface area contributed by atoms with Crippen LogP contribution in [0.25, 0.3) is 0 Å². The summed E-state index contributed by atoms with van der Waals surface area (Å²) in [5.74, 6) is 0.360. The van der Waals surface area contributed by atoms with Gasteiger partial charge in [-0.25, -0.2) is 0 Å². The van der Waals surface area contributed by atoms with E-state index in [1.807, 2.05) is 20.8 Å². The van der Waals surface area contributed by atoms with Crippen LogP contribution in [-0.4, -0.2) is 38.7 Å². The third-order valence-corrected chi connectivity index (χ3v) is 15.9. The molecule has 0 unspecified atom stereocenters. The molecule has 0 aliphatic heterocycles. The van der Waals surface area contributed by atoms with Crippen molar-refractivity contribution >= 4 is 24.7 Å². The SMILES string of the molecule is CC1=C[C@@]2(CCCO)[C@@H](CO[Si](c3ccccc3)(c3ccccc3)C(C)(C)C)[C@@H](C)[C@@H](OC(=O)C(C)(C)C)C[C@H]2C1(C)C. The fourth-order valence-corrected chi connectivity index (χ4v) is 12.9. The predicted octanol–water partition coefficient (Wildman–Crippen LogP) is 7.54. The van der Waals surface area contributed by atoms with Crippen molar-refractivity contribution in [3.05, 3.63) is 72.3 Å². The van der Waals surface area contributed by atoms with E-state index in [0.29, 0.717) is 6.61 Å². The Balaban J connectivity index is 1.86. The van der Waals surface area contributed by atoms with Crippen LogP contribution in [0.1, 0.15) is 88.5 Å². The molecule has 4 nitrogen and oxygen atoms in total. The number of benzene rings is 2. The number of rotatable bonds is 9. The maximum absolute atomic E-state index is 13.3. The summed E-state index contributed by atoms with van der Waals surface area (Å²) in [6.45, 7) is 22.7. The first kappa shape index (κ1) is 33.7. The van der Waals surface area contributed by atoms with Gasteiger partial charge in [0.15, 0.2) is 0 Å². The molecule has 0 radical (unpaired) electrons. The standard InChI is InChI=1S/C38H56O4Si/c1-27-25-38(22-17-23-39)31(28(2)32(24-33(38)37(27,9)10)42-34(40)35(3,4)5)26-41-43(36(6,7)8,29-18-13-11-14-19-29)30-20-15-12-16-21-30/h11-16,18-21,25,28,31-33,39H,17,22-24,26H2,1-10H3/t28-,31+,32+,33+,38+/m1/s1. The van der Waals surface area contributed by atoms with Gasteiger partial charge in [-0.2, -0.15) is 0 Å². The van der Waals surface area contributed by atoms with Gasteiger partial charge in [0.25, 0.3) is 8.32 Å². The van der Waals surface area contributed by atoms with Crippen LogP contribution in [0.5, 0.6) is 0 Å². The molecular weight excluding hydrogens is 549 g/mol. The Morgan fingerprint density at radius 2 is 1.49 bits per heavy atom. The molecule has 5 heteroatoms. The van der Waals surface area contributed by atoms with Crippen molar-refractivity contribution in [2.75, 3.05) is 13.2 Å². The molecule has 1 N–H and O–H groups in total. The van der Waals surface area contributed by atoms with Crippen molar-refractivity contribution in [3.8, 4) is 0 Å². The summed E-state index contributed by atoms with van der Waals surface area (Å²) < 4.78 is 14.0. The lowest BCUT2D eigenvalue weighted by atomic mass is 9.52. The third kappa shape index (κ3) is 6.06. The van der Waals surface area contributed by atoms with Crippen LogP contribution in [0.3, 0.4) is 0 Å². The Morgan fingerprint density at radius 3 is 1.95 bits per heavy atom. The van der Waals surface area contributed by atoms with E-state index in [-0.39, 0.29) is 52.3 Å². The number of aliphatic hydroxyl groups excluding tert-OH is 1. The first-order valence-electron chi connectivity index (χ1n) is 16.3. The quantitative estimate of drug-likeness (QED) is 0.183. The van der Waals surface area contributed by atoms with E-state index in [9.17, 15) is 9.90 Å². The summed E-state index contributed by atoms with van der Waals surface area (Å²) in [5, 5.41) is 12.5. The lowest BCUT2D eigenvalue weighted by molar-refractivity contribution is -0.175. The zero-order valence-corrected chi connectivity index (χ0v) is 29.4. The Hall–Kier alpha value is -2.21. The molecule has 4 rings (SSSR count). The van der Waals surface area contributed by atoms with Gasteiger partial charge in [0.1, 0.15) is 6.10 Å². The molecule has 0 aromatic heterocycles. The number of fused-ring (bicyclic) bond motifs is 1. The van der Waals surface area contributed by atoms with Crippen molar-refractivity contribution in [1.29, 1.82) is 0 Å². The second-order valence-corrected chi connectivity index (χ2v) is 20.2. The van der Waals surface area contributed by atoms with Gasteiger partial charge in [0.2, 0.25) is 0 Å². The average Bonchev–Trinajstić information content (AvgIpc) is 3.14. The van der Waals surface area contributed by atoms with E-state index in [0.717, 1.165) is 19.3 Å². The summed E-state index contributed by atoms with van der Waals surface area (Å²) in [5.41, 5.74) is 0.635. The maximum Gasteiger partial charge on any atom is 0.311 e. The zero-order chi connectivity index (χ0) is 31.8. The monoisotopic (exact) mass is 604 g/mol. The van der Waals surface area contributed by atoms with Crippen LogP contribution >= 0.6 is 0 Å². The van der Waals surface area contributed by atoms with E-state index in [2.05, 4.69) is 115 Å². The highest BCUT2D eigenvalue weighted by Crippen LogP contribution is 2.65. The normalized spacial score (nSPS) is 27.4. The number of aliphatic hydroxyl groups is 1. The topological polar surface area (TPSA) is 55.8 Å². The van der Waals surface area contributed by atoms with Crippen molar-refractivity contribution in [2.45, 2.75) is 99.6 Å². The van der Waals surface area contributed by atoms with Crippen LogP contribution in [0, 0.1) is 34.0 Å². The zero-order valence-electron chi connectivity index (χ0n) is 28.4. The Labute approximate surface area is 262 Å². The smallest absolute Gasteiger partial charge is 0.311 e. The highest BCUT2D eigenvalue weighted by Gasteiger charge is 2.61. The second-order valence-electron chi connectivity index (χ2n) is 15.9. The summed E-state index contributed by atoms with van der Waals surface area (Å²) >= 11 is 0. The molecule has 0 spiro atoms. The molecule has 0 heterocycles. The van der Waals surface area contributed by atoms with Gasteiger partial charge in [0.05, 0.1) is 5.41 Å². The molecule has 5 atom stereocenters. The third-order valence-electron chi connectivity index (χ3n) is 10.9. The molecule has 1 saturated carbocycles. The van der Waals surface area contributed by atoms with Gasteiger partial charge in [-0.15, -0.1) is 0 Å². The number of carbonyl (C=O) groups excluding carboxylic acids is 1. The highest BCUT2D eigenvalue weighted by molar-refractivity contribution is 6.99. The Bertz CT molecular complexity index is 1230. The summed E-state index contributed by atoms with van der Waals surface area (Å²) in [4.78, 5) is 13.3. The lowest BCUT2D eigenvalue weighted by Crippen LogP contribution is -2.67. The predicted molar refractivity (Wildman–Crippen MR) is 180 cm³/mol. The fourth-order valence-electron chi connectivity index (χ4n) is 8.28. The molecule has 0 saturated heterocycles. The van der Waals surface area contributed by atoms with Crippen LogP contribution in [0.2, 0.25) is 5.04 Å². The number of esters is 1. The lowest BCUT2D eigenvalue weighted by Gasteiger charge is -2.55. The first-order valence-corrected chi connectivity index (χ1v) is 18.2. The van der Waals surface area contributed by atoms with Crippen molar-refractivity contribution in [3.63, 3.8) is 0 Å². The first-order chi connectivity index (χ1) is 20.0. The van der Waals surface area contributed by atoms with E-state index < -0.39 is 13.7 Å². The number of hydrogen-bond acceptors (Lipinski definition) is 4. The number of carbonyl (C=O) groups is 1. The molecule has 1 fully saturated rings. The summed E-state index contributed by atoms with van der Waals surface area (Å²) in [7, 11) is -2.79. The molecular formula is C38H56O4Si. The maximum atomic E-state index is 13.3. The van der Waals surface area contributed by atoms with Crippen LogP contribution in [-0.2, 0) is 14.0 Å². The van der Waals surface area contributed by atoms with E-state index in [4.69, 9.17) is 9.16 Å². The van der Waals surface area contributed by atoms with Gasteiger partial charge < -0.3 is 14.3 Å². The minimum Gasteiger partial charge on any atom is -0.462 e. The molecule has 43 heavy (non-hydrogen) atoms. The van der Waals surface area contributed by atoms with Crippen LogP contribution in [0.15, 0.2) is 72.3 Å². The van der Waals surface area contributed by atoms with Crippen molar-refractivity contribution < 1.29 is 19.1 Å². The van der Waals surface area contributed by atoms with E-state index in [1.165, 1.54) is 15.9 Å². The van der Waals surface area contributed by atoms with E-state index >= 15 is 0 Å². The van der Waals surface area contributed by atoms with Gasteiger partial charge in [-0.1, -0.05) is 114 Å². The molecule has 0 amide bonds. The minimum atomic E-state index is -2.79. The molecule has 2 aromatic carbocycles. The highest BCUT2D eigenvalue weighted by atomic mass is 28.4. The Morgan fingerprint density at radius 1 is 0.953 bits per heavy atom. The average molecular weight is 605 g/mol. The van der Waals surface area contributed by atoms with Gasteiger partial charge in [-0.3, -0.25) is 4.79 Å². The van der Waals surface area contributed by atoms with Gasteiger partial charge in [0, 0.05) is 13.2 Å². The molecule has 2 aromatic rings. The largest absolute Gasteiger partial charge is 0.462 e. The summed E-state index contributed by atoms with van der Waals surface area (Å²) in [6.07, 6.45) is 4.81. The van der Waals surface area contributed by atoms with E-state index in [1.54, 1.807) is 0 Å². The molecule has 0 bridgehead atoms. The fraction of sp³-hybridized carbons (Fsp3) is 0.605. The van der Waals surface area contributed by atoms with Crippen molar-refractivity contribution in [1.82, 2.24) is 0 Å². The van der Waals surface area contributed by atoms with Gasteiger partial charge in [-0.05, 0) is 91.0 Å².